The van der Waals surface area contributed by atoms with E-state index in [1.54, 1.807) is 18.2 Å². The standard InChI is InChI=1S/C19H17F2NO4/c20-14-6-5-12(9-15(14)21)18-16(7-8-26-18)22-17(23)10-11-3-1-2-4-13(11)19(24)25/h1-6,9,16,18H,7-8,10H2,(H,22,23)(H,24,25). The zero-order valence-corrected chi connectivity index (χ0v) is 13.7. The Hall–Kier alpha value is -2.80. The number of carboxylic acid groups (broad SMARTS) is 1. The molecule has 7 heteroatoms. The molecule has 5 nitrogen and oxygen atoms in total. The second-order valence-corrected chi connectivity index (χ2v) is 6.07. The van der Waals surface area contributed by atoms with Crippen molar-refractivity contribution in [2.24, 2.45) is 0 Å². The molecule has 2 atom stereocenters. The van der Waals surface area contributed by atoms with Crippen LogP contribution in [0, 0.1) is 11.6 Å². The summed E-state index contributed by atoms with van der Waals surface area (Å²) in [6.45, 7) is 0.375. The van der Waals surface area contributed by atoms with Gasteiger partial charge in [0.15, 0.2) is 11.6 Å². The Bertz CT molecular complexity index is 840. The van der Waals surface area contributed by atoms with Crippen molar-refractivity contribution in [3.05, 3.63) is 70.8 Å². The van der Waals surface area contributed by atoms with E-state index in [-0.39, 0.29) is 17.9 Å². The zero-order chi connectivity index (χ0) is 18.7. The quantitative estimate of drug-likeness (QED) is 0.859. The van der Waals surface area contributed by atoms with Gasteiger partial charge in [0.1, 0.15) is 6.10 Å². The predicted molar refractivity (Wildman–Crippen MR) is 88.7 cm³/mol. The highest BCUT2D eigenvalue weighted by atomic mass is 19.2. The molecule has 3 rings (SSSR count). The van der Waals surface area contributed by atoms with Crippen LogP contribution in [0.25, 0.3) is 0 Å². The number of carbonyl (C=O) groups excluding carboxylic acids is 1. The number of amides is 1. The summed E-state index contributed by atoms with van der Waals surface area (Å²) in [7, 11) is 0. The second kappa shape index (κ2) is 7.61. The van der Waals surface area contributed by atoms with Gasteiger partial charge in [-0.05, 0) is 35.7 Å². The number of benzene rings is 2. The molecule has 1 aliphatic heterocycles. The van der Waals surface area contributed by atoms with Gasteiger partial charge in [-0.2, -0.15) is 0 Å². The van der Waals surface area contributed by atoms with Crippen LogP contribution in [-0.2, 0) is 16.0 Å². The molecule has 0 radical (unpaired) electrons. The lowest BCUT2D eigenvalue weighted by Crippen LogP contribution is -2.38. The Labute approximate surface area is 148 Å². The van der Waals surface area contributed by atoms with E-state index in [1.807, 2.05) is 0 Å². The fraction of sp³-hybridized carbons (Fsp3) is 0.263. The van der Waals surface area contributed by atoms with Gasteiger partial charge in [-0.25, -0.2) is 13.6 Å². The number of ether oxygens (including phenoxy) is 1. The van der Waals surface area contributed by atoms with Gasteiger partial charge in [-0.15, -0.1) is 0 Å². The van der Waals surface area contributed by atoms with E-state index < -0.39 is 29.7 Å². The number of nitrogens with one attached hydrogen (secondary N) is 1. The molecule has 1 aliphatic rings. The Morgan fingerprint density at radius 2 is 1.92 bits per heavy atom. The molecule has 26 heavy (non-hydrogen) atoms. The Morgan fingerprint density at radius 3 is 2.65 bits per heavy atom. The first-order valence-electron chi connectivity index (χ1n) is 8.13. The van der Waals surface area contributed by atoms with E-state index >= 15 is 0 Å². The summed E-state index contributed by atoms with van der Waals surface area (Å²) in [4.78, 5) is 23.6. The Morgan fingerprint density at radius 1 is 1.15 bits per heavy atom. The molecule has 2 aromatic rings. The highest BCUT2D eigenvalue weighted by molar-refractivity contribution is 5.91. The highest BCUT2D eigenvalue weighted by Gasteiger charge is 2.31. The Balaban J connectivity index is 1.70. The van der Waals surface area contributed by atoms with E-state index in [0.717, 1.165) is 12.1 Å². The molecule has 1 saturated heterocycles. The third-order valence-corrected chi connectivity index (χ3v) is 4.31. The van der Waals surface area contributed by atoms with Gasteiger partial charge >= 0.3 is 5.97 Å². The van der Waals surface area contributed by atoms with Crippen molar-refractivity contribution < 1.29 is 28.2 Å². The molecule has 0 aromatic heterocycles. The van der Waals surface area contributed by atoms with Crippen molar-refractivity contribution >= 4 is 11.9 Å². The smallest absolute Gasteiger partial charge is 0.335 e. The third kappa shape index (κ3) is 3.88. The van der Waals surface area contributed by atoms with E-state index in [1.165, 1.54) is 12.1 Å². The van der Waals surface area contributed by atoms with Crippen molar-refractivity contribution in [3.8, 4) is 0 Å². The average Bonchev–Trinajstić information content (AvgIpc) is 3.05. The lowest BCUT2D eigenvalue weighted by Gasteiger charge is -2.20. The van der Waals surface area contributed by atoms with Crippen LogP contribution in [0.1, 0.15) is 34.0 Å². The van der Waals surface area contributed by atoms with Crippen molar-refractivity contribution in [1.29, 1.82) is 0 Å². The normalized spacial score (nSPS) is 19.3. The van der Waals surface area contributed by atoms with Crippen molar-refractivity contribution in [1.82, 2.24) is 5.32 Å². The monoisotopic (exact) mass is 361 g/mol. The minimum Gasteiger partial charge on any atom is -0.478 e. The van der Waals surface area contributed by atoms with Gasteiger partial charge in [0.05, 0.1) is 18.0 Å². The van der Waals surface area contributed by atoms with Gasteiger partial charge in [0, 0.05) is 6.61 Å². The van der Waals surface area contributed by atoms with Crippen molar-refractivity contribution in [3.63, 3.8) is 0 Å². The first-order valence-corrected chi connectivity index (χ1v) is 8.13. The lowest BCUT2D eigenvalue weighted by molar-refractivity contribution is -0.121. The maximum Gasteiger partial charge on any atom is 0.335 e. The van der Waals surface area contributed by atoms with Crippen LogP contribution in [0.15, 0.2) is 42.5 Å². The first-order chi connectivity index (χ1) is 12.5. The predicted octanol–water partition coefficient (Wildman–Crippen LogP) is 2.85. The van der Waals surface area contributed by atoms with Crippen LogP contribution >= 0.6 is 0 Å². The SMILES string of the molecule is O=C(Cc1ccccc1C(=O)O)NC1CCOC1c1ccc(F)c(F)c1. The molecule has 1 heterocycles. The molecule has 0 aliphatic carbocycles. The minimum atomic E-state index is -1.10. The van der Waals surface area contributed by atoms with Crippen LogP contribution < -0.4 is 5.32 Å². The molecule has 2 aromatic carbocycles. The molecule has 1 amide bonds. The van der Waals surface area contributed by atoms with E-state index in [2.05, 4.69) is 5.32 Å². The van der Waals surface area contributed by atoms with Crippen LogP contribution in [-0.4, -0.2) is 29.6 Å². The molecule has 136 valence electrons. The maximum atomic E-state index is 13.5. The summed E-state index contributed by atoms with van der Waals surface area (Å²) in [5.74, 6) is -3.38. The number of carboxylic acids is 1. The number of halogens is 2. The fourth-order valence-corrected chi connectivity index (χ4v) is 3.07. The number of hydrogen-bond acceptors (Lipinski definition) is 3. The van der Waals surface area contributed by atoms with Gasteiger partial charge < -0.3 is 15.2 Å². The summed E-state index contributed by atoms with van der Waals surface area (Å²) in [5, 5.41) is 12.0. The summed E-state index contributed by atoms with van der Waals surface area (Å²) >= 11 is 0. The fourth-order valence-electron chi connectivity index (χ4n) is 3.07. The van der Waals surface area contributed by atoms with E-state index in [9.17, 15) is 23.5 Å². The van der Waals surface area contributed by atoms with Gasteiger partial charge in [0.25, 0.3) is 0 Å². The number of aromatic carboxylic acids is 1. The van der Waals surface area contributed by atoms with Gasteiger partial charge in [-0.1, -0.05) is 24.3 Å². The van der Waals surface area contributed by atoms with Crippen LogP contribution in [0.2, 0.25) is 0 Å². The van der Waals surface area contributed by atoms with Crippen LogP contribution in [0.4, 0.5) is 8.78 Å². The summed E-state index contributed by atoms with van der Waals surface area (Å²) in [6.07, 6.45) is -0.150. The molecule has 0 saturated carbocycles. The molecule has 2 unspecified atom stereocenters. The molecule has 1 fully saturated rings. The second-order valence-electron chi connectivity index (χ2n) is 6.07. The minimum absolute atomic E-state index is 0.0717. The molecular weight excluding hydrogens is 344 g/mol. The van der Waals surface area contributed by atoms with Gasteiger partial charge in [0.2, 0.25) is 5.91 Å². The maximum absolute atomic E-state index is 13.5. The van der Waals surface area contributed by atoms with Crippen LogP contribution in [0.3, 0.4) is 0 Å². The number of carbonyl (C=O) groups is 2. The third-order valence-electron chi connectivity index (χ3n) is 4.31. The average molecular weight is 361 g/mol. The topological polar surface area (TPSA) is 75.6 Å². The summed E-state index contributed by atoms with van der Waals surface area (Å²) < 4.78 is 32.1. The summed E-state index contributed by atoms with van der Waals surface area (Å²) in [5.41, 5.74) is 0.918. The number of rotatable bonds is 5. The molecule has 0 bridgehead atoms. The number of hydrogen-bond donors (Lipinski definition) is 2. The molecule has 2 N–H and O–H groups in total. The van der Waals surface area contributed by atoms with E-state index in [4.69, 9.17) is 4.74 Å². The van der Waals surface area contributed by atoms with Crippen molar-refractivity contribution in [2.45, 2.75) is 25.0 Å². The first kappa shape index (κ1) is 18.0. The molecule has 0 spiro atoms. The van der Waals surface area contributed by atoms with E-state index in [0.29, 0.717) is 24.2 Å². The lowest BCUT2D eigenvalue weighted by atomic mass is 10.0. The molecular formula is C19H17F2NO4. The van der Waals surface area contributed by atoms with Crippen molar-refractivity contribution in [2.75, 3.05) is 6.61 Å². The largest absolute Gasteiger partial charge is 0.478 e. The highest BCUT2D eigenvalue weighted by Crippen LogP contribution is 2.30. The van der Waals surface area contributed by atoms with Gasteiger partial charge in [-0.3, -0.25) is 4.79 Å². The van der Waals surface area contributed by atoms with Crippen LogP contribution in [0.5, 0.6) is 0 Å². The summed E-state index contributed by atoms with van der Waals surface area (Å²) in [6, 6.07) is 9.39. The zero-order valence-electron chi connectivity index (χ0n) is 13.7. The Kier molecular flexibility index (Phi) is 5.27.